The SMILES string of the molecule is COc1cc2c(cc1OC)C1=CC(c3ccccc3)C3=C(CC(C)(C)CC3=O)N1CC2. The number of ether oxygens (including phenoxy) is 2. The molecule has 2 aromatic carbocycles. The number of Topliss-reactive ketones (excluding diaryl/α,β-unsaturated/α-hetero) is 1. The van der Waals surface area contributed by atoms with Crippen LogP contribution in [0.15, 0.2) is 59.8 Å². The minimum absolute atomic E-state index is 0.0231. The van der Waals surface area contributed by atoms with Crippen LogP contribution in [-0.4, -0.2) is 31.4 Å². The molecule has 0 amide bonds. The minimum Gasteiger partial charge on any atom is -0.493 e. The van der Waals surface area contributed by atoms with Crippen LogP contribution in [0.5, 0.6) is 11.5 Å². The number of hydrogen-bond donors (Lipinski definition) is 0. The molecule has 0 aromatic heterocycles. The molecule has 0 fully saturated rings. The second kappa shape index (κ2) is 7.30. The molecule has 1 unspecified atom stereocenters. The van der Waals surface area contributed by atoms with Crippen LogP contribution in [0.1, 0.15) is 49.3 Å². The first-order valence-electron chi connectivity index (χ1n) is 11.0. The normalized spacial score (nSPS) is 21.7. The summed E-state index contributed by atoms with van der Waals surface area (Å²) >= 11 is 0. The summed E-state index contributed by atoms with van der Waals surface area (Å²) in [5.41, 5.74) is 6.94. The first-order chi connectivity index (χ1) is 14.9. The standard InChI is InChI=1S/C27H29NO3/c1-27(2)15-22-26(23(29)16-27)20(17-8-6-5-7-9-17)13-21-19-14-25(31-4)24(30-3)12-18(19)10-11-28(21)22/h5-9,12-14,20H,10-11,15-16H2,1-4H3. The van der Waals surface area contributed by atoms with Crippen molar-refractivity contribution >= 4 is 11.5 Å². The van der Waals surface area contributed by atoms with Crippen molar-refractivity contribution in [2.24, 2.45) is 5.41 Å². The van der Waals surface area contributed by atoms with Crippen LogP contribution in [-0.2, 0) is 11.2 Å². The molecule has 0 radical (unpaired) electrons. The first-order valence-corrected chi connectivity index (χ1v) is 11.0. The number of nitrogens with zero attached hydrogens (tertiary/aromatic N) is 1. The van der Waals surface area contributed by atoms with E-state index < -0.39 is 0 Å². The molecule has 31 heavy (non-hydrogen) atoms. The summed E-state index contributed by atoms with van der Waals surface area (Å²) in [5.74, 6) is 1.76. The Bertz CT molecular complexity index is 1110. The number of allylic oxidation sites excluding steroid dienone is 3. The molecule has 1 atom stereocenters. The lowest BCUT2D eigenvalue weighted by atomic mass is 9.69. The molecule has 3 aliphatic rings. The highest BCUT2D eigenvalue weighted by Gasteiger charge is 2.42. The number of methoxy groups -OCH3 is 2. The number of rotatable bonds is 3. The molecular formula is C27H29NO3. The Hall–Kier alpha value is -3.01. The average Bonchev–Trinajstić information content (AvgIpc) is 2.77. The van der Waals surface area contributed by atoms with Crippen molar-refractivity contribution in [3.63, 3.8) is 0 Å². The van der Waals surface area contributed by atoms with Crippen LogP contribution in [0.3, 0.4) is 0 Å². The number of ketones is 1. The van der Waals surface area contributed by atoms with Gasteiger partial charge in [-0.3, -0.25) is 4.79 Å². The summed E-state index contributed by atoms with van der Waals surface area (Å²) in [6.07, 6.45) is 4.72. The molecule has 1 aliphatic carbocycles. The van der Waals surface area contributed by atoms with Gasteiger partial charge in [-0.05, 0) is 47.6 Å². The van der Waals surface area contributed by atoms with Crippen LogP contribution < -0.4 is 9.47 Å². The fourth-order valence-corrected chi connectivity index (χ4v) is 5.38. The lowest BCUT2D eigenvalue weighted by molar-refractivity contribution is -0.118. The van der Waals surface area contributed by atoms with Crippen molar-refractivity contribution in [2.45, 2.75) is 39.0 Å². The van der Waals surface area contributed by atoms with E-state index in [1.807, 2.05) is 6.07 Å². The van der Waals surface area contributed by atoms with Gasteiger partial charge in [-0.25, -0.2) is 0 Å². The van der Waals surface area contributed by atoms with Crippen LogP contribution in [0.2, 0.25) is 0 Å². The second-order valence-corrected chi connectivity index (χ2v) is 9.51. The van der Waals surface area contributed by atoms with Crippen LogP contribution in [0, 0.1) is 5.41 Å². The minimum atomic E-state index is -0.0303. The van der Waals surface area contributed by atoms with E-state index >= 15 is 0 Å². The zero-order chi connectivity index (χ0) is 21.8. The Labute approximate surface area is 184 Å². The van der Waals surface area contributed by atoms with E-state index in [2.05, 4.69) is 61.2 Å². The molecule has 0 N–H and O–H groups in total. The summed E-state index contributed by atoms with van der Waals surface area (Å²) in [6.45, 7) is 5.28. The molecule has 4 heteroatoms. The van der Waals surface area contributed by atoms with Crippen LogP contribution >= 0.6 is 0 Å². The predicted molar refractivity (Wildman–Crippen MR) is 122 cm³/mol. The van der Waals surface area contributed by atoms with E-state index in [0.29, 0.717) is 6.42 Å². The maximum atomic E-state index is 13.4. The highest BCUT2D eigenvalue weighted by atomic mass is 16.5. The fourth-order valence-electron chi connectivity index (χ4n) is 5.38. The summed E-state index contributed by atoms with van der Waals surface area (Å²) in [5, 5.41) is 0. The molecule has 0 saturated heterocycles. The van der Waals surface area contributed by atoms with Gasteiger partial charge >= 0.3 is 0 Å². The van der Waals surface area contributed by atoms with Crippen molar-refractivity contribution in [2.75, 3.05) is 20.8 Å². The lowest BCUT2D eigenvalue weighted by Gasteiger charge is -2.46. The molecule has 2 aliphatic heterocycles. The number of fused-ring (bicyclic) bond motifs is 4. The van der Waals surface area contributed by atoms with Crippen LogP contribution in [0.4, 0.5) is 0 Å². The van der Waals surface area contributed by atoms with Gasteiger partial charge in [0.1, 0.15) is 0 Å². The zero-order valence-electron chi connectivity index (χ0n) is 18.7. The Morgan fingerprint density at radius 2 is 1.71 bits per heavy atom. The fraction of sp³-hybridized carbons (Fsp3) is 0.370. The monoisotopic (exact) mass is 415 g/mol. The summed E-state index contributed by atoms with van der Waals surface area (Å²) in [4.78, 5) is 15.8. The Morgan fingerprint density at radius 3 is 2.42 bits per heavy atom. The van der Waals surface area contributed by atoms with Gasteiger partial charge < -0.3 is 14.4 Å². The predicted octanol–water partition coefficient (Wildman–Crippen LogP) is 5.34. The maximum Gasteiger partial charge on any atom is 0.162 e. The van der Waals surface area contributed by atoms with Crippen molar-refractivity contribution in [3.8, 4) is 11.5 Å². The van der Waals surface area contributed by atoms with E-state index in [9.17, 15) is 4.79 Å². The van der Waals surface area contributed by atoms with Crippen LogP contribution in [0.25, 0.3) is 5.70 Å². The highest BCUT2D eigenvalue weighted by Crippen LogP contribution is 2.51. The molecule has 160 valence electrons. The number of carbonyl (C=O) groups is 1. The highest BCUT2D eigenvalue weighted by molar-refractivity contribution is 6.01. The topological polar surface area (TPSA) is 38.8 Å². The molecule has 2 heterocycles. The van der Waals surface area contributed by atoms with E-state index in [1.165, 1.54) is 28.1 Å². The number of benzene rings is 2. The van der Waals surface area contributed by atoms with Crippen molar-refractivity contribution < 1.29 is 14.3 Å². The third kappa shape index (κ3) is 3.25. The summed E-state index contributed by atoms with van der Waals surface area (Å²) < 4.78 is 11.2. The smallest absolute Gasteiger partial charge is 0.162 e. The first kappa shape index (κ1) is 19.9. The van der Waals surface area contributed by atoms with Crippen molar-refractivity contribution in [1.29, 1.82) is 0 Å². The Kier molecular flexibility index (Phi) is 4.69. The average molecular weight is 416 g/mol. The van der Waals surface area contributed by atoms with E-state index in [-0.39, 0.29) is 17.1 Å². The zero-order valence-corrected chi connectivity index (χ0v) is 18.7. The largest absolute Gasteiger partial charge is 0.493 e. The molecular weight excluding hydrogens is 386 g/mol. The third-order valence-corrected chi connectivity index (χ3v) is 6.80. The third-order valence-electron chi connectivity index (χ3n) is 6.80. The quantitative estimate of drug-likeness (QED) is 0.678. The van der Waals surface area contributed by atoms with E-state index in [0.717, 1.165) is 36.5 Å². The van der Waals surface area contributed by atoms with Gasteiger partial charge in [0.05, 0.1) is 14.2 Å². The van der Waals surface area contributed by atoms with E-state index in [1.54, 1.807) is 14.2 Å². The molecule has 5 rings (SSSR count). The van der Waals surface area contributed by atoms with Crippen molar-refractivity contribution in [1.82, 2.24) is 4.90 Å². The lowest BCUT2D eigenvalue weighted by Crippen LogP contribution is -2.40. The van der Waals surface area contributed by atoms with Gasteiger partial charge in [0, 0.05) is 41.4 Å². The van der Waals surface area contributed by atoms with Gasteiger partial charge in [-0.15, -0.1) is 0 Å². The maximum absolute atomic E-state index is 13.4. The van der Waals surface area contributed by atoms with E-state index in [4.69, 9.17) is 9.47 Å². The number of carbonyl (C=O) groups excluding carboxylic acids is 1. The summed E-state index contributed by atoms with van der Waals surface area (Å²) in [6, 6.07) is 14.6. The van der Waals surface area contributed by atoms with Gasteiger partial charge in [0.2, 0.25) is 0 Å². The molecule has 0 spiro atoms. The van der Waals surface area contributed by atoms with Crippen molar-refractivity contribution in [3.05, 3.63) is 76.5 Å². The van der Waals surface area contributed by atoms with Gasteiger partial charge in [0.15, 0.2) is 17.3 Å². The molecule has 0 saturated carbocycles. The number of hydrogen-bond acceptors (Lipinski definition) is 4. The van der Waals surface area contributed by atoms with Gasteiger partial charge in [0.25, 0.3) is 0 Å². The Morgan fingerprint density at radius 1 is 1.00 bits per heavy atom. The summed E-state index contributed by atoms with van der Waals surface area (Å²) in [7, 11) is 3.35. The van der Waals surface area contributed by atoms with Gasteiger partial charge in [-0.1, -0.05) is 44.2 Å². The Balaban J connectivity index is 1.71. The molecule has 2 aromatic rings. The van der Waals surface area contributed by atoms with Gasteiger partial charge in [-0.2, -0.15) is 0 Å². The molecule has 0 bridgehead atoms. The second-order valence-electron chi connectivity index (χ2n) is 9.51. The molecule has 4 nitrogen and oxygen atoms in total.